The fourth-order valence-electron chi connectivity index (χ4n) is 2.80. The maximum atomic E-state index is 12.2. The minimum atomic E-state index is -0.0820. The van der Waals surface area contributed by atoms with Crippen LogP contribution in [0.2, 0.25) is 0 Å². The molecular formula is C18H23ClN4O. The van der Waals surface area contributed by atoms with Crippen molar-refractivity contribution in [1.29, 1.82) is 0 Å². The number of halogens is 1. The zero-order valence-electron chi connectivity index (χ0n) is 13.8. The van der Waals surface area contributed by atoms with E-state index in [1.807, 2.05) is 19.1 Å². The molecule has 0 saturated carbocycles. The van der Waals surface area contributed by atoms with Gasteiger partial charge < -0.3 is 10.6 Å². The van der Waals surface area contributed by atoms with Crippen molar-refractivity contribution in [3.63, 3.8) is 0 Å². The van der Waals surface area contributed by atoms with Crippen molar-refractivity contribution in [3.8, 4) is 0 Å². The molecule has 0 aliphatic carbocycles. The number of rotatable bonds is 5. The van der Waals surface area contributed by atoms with Gasteiger partial charge in [-0.1, -0.05) is 12.1 Å². The van der Waals surface area contributed by atoms with Gasteiger partial charge in [-0.05, 0) is 56.5 Å². The quantitative estimate of drug-likeness (QED) is 0.871. The van der Waals surface area contributed by atoms with Crippen molar-refractivity contribution >= 4 is 18.3 Å². The third-order valence-corrected chi connectivity index (χ3v) is 4.17. The summed E-state index contributed by atoms with van der Waals surface area (Å²) in [6.07, 6.45) is 5.70. The lowest BCUT2D eigenvalue weighted by Crippen LogP contribution is -2.23. The number of nitrogens with one attached hydrogen (secondary N) is 2. The second-order valence-corrected chi connectivity index (χ2v) is 6.09. The van der Waals surface area contributed by atoms with E-state index in [1.165, 1.54) is 12.0 Å². The smallest absolute Gasteiger partial charge is 0.251 e. The lowest BCUT2D eigenvalue weighted by atomic mass is 9.98. The highest BCUT2D eigenvalue weighted by atomic mass is 35.5. The molecule has 1 aromatic carbocycles. The molecule has 2 aromatic rings. The fraction of sp³-hybridized carbons (Fsp3) is 0.389. The van der Waals surface area contributed by atoms with Gasteiger partial charge in [-0.15, -0.1) is 12.4 Å². The Hall–Kier alpha value is -1.98. The highest BCUT2D eigenvalue weighted by Gasteiger charge is 2.15. The first-order chi connectivity index (χ1) is 11.2. The molecule has 6 heteroatoms. The van der Waals surface area contributed by atoms with Crippen LogP contribution in [0.15, 0.2) is 36.7 Å². The molecule has 5 nitrogen and oxygen atoms in total. The lowest BCUT2D eigenvalue weighted by molar-refractivity contribution is 0.0950. The molecule has 3 rings (SSSR count). The van der Waals surface area contributed by atoms with Crippen LogP contribution in [0, 0.1) is 12.8 Å². The second kappa shape index (κ2) is 8.76. The van der Waals surface area contributed by atoms with E-state index in [4.69, 9.17) is 0 Å². The Morgan fingerprint density at radius 1 is 1.25 bits per heavy atom. The molecular weight excluding hydrogens is 324 g/mol. The molecule has 0 radical (unpaired) electrons. The van der Waals surface area contributed by atoms with Gasteiger partial charge in [0.2, 0.25) is 0 Å². The summed E-state index contributed by atoms with van der Waals surface area (Å²) in [5.41, 5.74) is 3.60. The largest absolute Gasteiger partial charge is 0.346 e. The van der Waals surface area contributed by atoms with Gasteiger partial charge in [0, 0.05) is 11.8 Å². The molecule has 1 saturated heterocycles. The van der Waals surface area contributed by atoms with Crippen molar-refractivity contribution in [2.45, 2.75) is 26.3 Å². The molecule has 2 N–H and O–H groups in total. The van der Waals surface area contributed by atoms with E-state index in [-0.39, 0.29) is 18.3 Å². The highest BCUT2D eigenvalue weighted by Crippen LogP contribution is 2.15. The van der Waals surface area contributed by atoms with Crippen molar-refractivity contribution < 1.29 is 4.79 Å². The number of carbonyl (C=O) groups is 1. The number of benzene rings is 1. The minimum Gasteiger partial charge on any atom is -0.346 e. The monoisotopic (exact) mass is 346 g/mol. The van der Waals surface area contributed by atoms with Crippen molar-refractivity contribution in [1.82, 2.24) is 20.6 Å². The van der Waals surface area contributed by atoms with Crippen LogP contribution in [0.1, 0.15) is 33.7 Å². The summed E-state index contributed by atoms with van der Waals surface area (Å²) in [5, 5.41) is 6.26. The number of aromatic nitrogens is 2. The highest BCUT2D eigenvalue weighted by molar-refractivity contribution is 5.94. The van der Waals surface area contributed by atoms with Gasteiger partial charge in [0.15, 0.2) is 0 Å². The van der Waals surface area contributed by atoms with Gasteiger partial charge in [0.1, 0.15) is 0 Å². The van der Waals surface area contributed by atoms with Gasteiger partial charge in [0.25, 0.3) is 5.91 Å². The minimum absolute atomic E-state index is 0. The van der Waals surface area contributed by atoms with E-state index in [1.54, 1.807) is 12.4 Å². The molecule has 1 unspecified atom stereocenters. The summed E-state index contributed by atoms with van der Waals surface area (Å²) in [5.74, 6) is 0.635. The van der Waals surface area contributed by atoms with Gasteiger partial charge >= 0.3 is 0 Å². The molecule has 24 heavy (non-hydrogen) atoms. The van der Waals surface area contributed by atoms with Crippen LogP contribution < -0.4 is 10.6 Å². The summed E-state index contributed by atoms with van der Waals surface area (Å²) in [7, 11) is 0. The number of aryl methyl sites for hydroxylation is 1. The summed E-state index contributed by atoms with van der Waals surface area (Å²) in [6.45, 7) is 4.49. The molecule has 1 amide bonds. The Balaban J connectivity index is 0.00000208. The first-order valence-corrected chi connectivity index (χ1v) is 8.06. The Morgan fingerprint density at radius 3 is 2.67 bits per heavy atom. The Kier molecular flexibility index (Phi) is 6.70. The van der Waals surface area contributed by atoms with E-state index < -0.39 is 0 Å². The standard InChI is InChI=1S/C18H22N4O.ClH/c1-13-9-21-17(11-20-13)12-22-18(23)16-4-2-14(3-5-16)8-15-6-7-19-10-15;/h2-5,9,11,15,19H,6-8,10,12H2,1H3,(H,22,23);1H. The molecule has 1 aliphatic rings. The molecule has 1 fully saturated rings. The summed E-state index contributed by atoms with van der Waals surface area (Å²) in [4.78, 5) is 20.6. The summed E-state index contributed by atoms with van der Waals surface area (Å²) >= 11 is 0. The summed E-state index contributed by atoms with van der Waals surface area (Å²) < 4.78 is 0. The number of nitrogens with zero attached hydrogens (tertiary/aromatic N) is 2. The normalized spacial score (nSPS) is 16.5. The Labute approximate surface area is 148 Å². The van der Waals surface area contributed by atoms with Crippen LogP contribution in [0.4, 0.5) is 0 Å². The van der Waals surface area contributed by atoms with Gasteiger partial charge in [-0.2, -0.15) is 0 Å². The average molecular weight is 347 g/mol. The Morgan fingerprint density at radius 2 is 2.04 bits per heavy atom. The molecule has 0 bridgehead atoms. The third-order valence-electron chi connectivity index (χ3n) is 4.17. The first kappa shape index (κ1) is 18.4. The van der Waals surface area contributed by atoms with Crippen LogP contribution in [0.25, 0.3) is 0 Å². The van der Waals surface area contributed by atoms with Crippen molar-refractivity contribution in [2.24, 2.45) is 5.92 Å². The van der Waals surface area contributed by atoms with Crippen LogP contribution in [0.3, 0.4) is 0 Å². The lowest BCUT2D eigenvalue weighted by Gasteiger charge is -2.09. The van der Waals surface area contributed by atoms with Crippen LogP contribution in [-0.2, 0) is 13.0 Å². The topological polar surface area (TPSA) is 66.9 Å². The average Bonchev–Trinajstić information content (AvgIpc) is 3.08. The van der Waals surface area contributed by atoms with Crippen LogP contribution in [-0.4, -0.2) is 29.0 Å². The molecule has 0 spiro atoms. The fourth-order valence-corrected chi connectivity index (χ4v) is 2.80. The number of hydrogen-bond donors (Lipinski definition) is 2. The Bertz CT molecular complexity index is 652. The summed E-state index contributed by atoms with van der Waals surface area (Å²) in [6, 6.07) is 7.90. The molecule has 1 aromatic heterocycles. The van der Waals surface area contributed by atoms with E-state index in [2.05, 4.69) is 32.7 Å². The molecule has 2 heterocycles. The zero-order valence-corrected chi connectivity index (χ0v) is 14.6. The van der Waals surface area contributed by atoms with E-state index in [9.17, 15) is 4.79 Å². The van der Waals surface area contributed by atoms with Gasteiger partial charge in [0.05, 0.1) is 24.1 Å². The van der Waals surface area contributed by atoms with E-state index in [0.717, 1.165) is 36.8 Å². The molecule has 1 aliphatic heterocycles. The van der Waals surface area contributed by atoms with E-state index in [0.29, 0.717) is 12.1 Å². The van der Waals surface area contributed by atoms with Crippen molar-refractivity contribution in [2.75, 3.05) is 13.1 Å². The maximum absolute atomic E-state index is 12.2. The zero-order chi connectivity index (χ0) is 16.1. The number of hydrogen-bond acceptors (Lipinski definition) is 4. The molecule has 128 valence electrons. The van der Waals surface area contributed by atoms with Gasteiger partial charge in [-0.3, -0.25) is 14.8 Å². The van der Waals surface area contributed by atoms with E-state index >= 15 is 0 Å². The molecule has 1 atom stereocenters. The second-order valence-electron chi connectivity index (χ2n) is 6.09. The van der Waals surface area contributed by atoms with Crippen LogP contribution in [0.5, 0.6) is 0 Å². The predicted octanol–water partition coefficient (Wildman–Crippen LogP) is 2.29. The maximum Gasteiger partial charge on any atom is 0.251 e. The van der Waals surface area contributed by atoms with Crippen molar-refractivity contribution in [3.05, 3.63) is 59.2 Å². The van der Waals surface area contributed by atoms with Gasteiger partial charge in [-0.25, -0.2) is 0 Å². The predicted molar refractivity (Wildman–Crippen MR) is 96.3 cm³/mol. The first-order valence-electron chi connectivity index (χ1n) is 8.06. The number of amides is 1. The van der Waals surface area contributed by atoms with Crippen LogP contribution >= 0.6 is 12.4 Å². The number of carbonyl (C=O) groups excluding carboxylic acids is 1. The third kappa shape index (κ3) is 5.01. The SMILES string of the molecule is Cc1cnc(CNC(=O)c2ccc(CC3CCNC3)cc2)cn1.Cl.